The highest BCUT2D eigenvalue weighted by molar-refractivity contribution is 6.43. The summed E-state index contributed by atoms with van der Waals surface area (Å²) in [6.07, 6.45) is 2.82. The quantitative estimate of drug-likeness (QED) is 0.351. The third-order valence-corrected chi connectivity index (χ3v) is 1.84. The summed E-state index contributed by atoms with van der Waals surface area (Å²) in [5, 5.41) is 20.0. The largest absolute Gasteiger partial charge is 0.411 e. The Labute approximate surface area is 93.4 Å². The van der Waals surface area contributed by atoms with Crippen molar-refractivity contribution in [1.82, 2.24) is 14.8 Å². The van der Waals surface area contributed by atoms with Crippen molar-refractivity contribution in [2.24, 2.45) is 15.7 Å². The molecule has 1 N–H and O–H groups in total. The summed E-state index contributed by atoms with van der Waals surface area (Å²) < 4.78 is 1.38. The van der Waals surface area contributed by atoms with Crippen LogP contribution in [0.1, 0.15) is 20.8 Å². The van der Waals surface area contributed by atoms with Crippen LogP contribution in [-0.4, -0.2) is 38.6 Å². The van der Waals surface area contributed by atoms with Crippen molar-refractivity contribution in [2.45, 2.75) is 20.8 Å². The molecule has 0 aliphatic carbocycles. The average molecular weight is 225 g/mol. The lowest BCUT2D eigenvalue weighted by Gasteiger charge is -2.20. The van der Waals surface area contributed by atoms with Crippen LogP contribution in [0.15, 0.2) is 23.0 Å². The lowest BCUT2D eigenvalue weighted by Crippen LogP contribution is -2.34. The first-order valence-corrected chi connectivity index (χ1v) is 4.69. The molecule has 1 aromatic rings. The number of aromatic nitrogens is 3. The minimum Gasteiger partial charge on any atom is -0.411 e. The standard InChI is InChI=1S/C9H15N5O2/c1-9(2,3)7(12-15)8(13-16-4)14-6-10-5-11-14/h5-6,15H,1-4H3. The average Bonchev–Trinajstić information content (AvgIpc) is 2.68. The van der Waals surface area contributed by atoms with Gasteiger partial charge in [-0.2, -0.15) is 9.78 Å². The summed E-state index contributed by atoms with van der Waals surface area (Å²) in [7, 11) is 1.41. The lowest BCUT2D eigenvalue weighted by atomic mass is 9.89. The van der Waals surface area contributed by atoms with Crippen LogP contribution in [0, 0.1) is 5.41 Å². The van der Waals surface area contributed by atoms with Crippen LogP contribution in [0.2, 0.25) is 0 Å². The van der Waals surface area contributed by atoms with Gasteiger partial charge in [0.1, 0.15) is 25.5 Å². The molecule has 7 nitrogen and oxygen atoms in total. The first kappa shape index (κ1) is 12.2. The summed E-state index contributed by atoms with van der Waals surface area (Å²) in [4.78, 5) is 8.52. The van der Waals surface area contributed by atoms with Crippen LogP contribution in [0.5, 0.6) is 0 Å². The zero-order chi connectivity index (χ0) is 12.2. The van der Waals surface area contributed by atoms with E-state index in [1.807, 2.05) is 20.8 Å². The molecular weight excluding hydrogens is 210 g/mol. The molecule has 7 heteroatoms. The van der Waals surface area contributed by atoms with Crippen molar-refractivity contribution in [2.75, 3.05) is 7.11 Å². The molecule has 0 unspecified atom stereocenters. The van der Waals surface area contributed by atoms with Crippen molar-refractivity contribution < 1.29 is 10.0 Å². The smallest absolute Gasteiger partial charge is 0.219 e. The molecule has 0 bridgehead atoms. The maximum atomic E-state index is 9.05. The molecule has 1 aromatic heterocycles. The van der Waals surface area contributed by atoms with E-state index in [0.29, 0.717) is 11.5 Å². The monoisotopic (exact) mass is 225 g/mol. The predicted molar refractivity (Wildman–Crippen MR) is 58.5 cm³/mol. The van der Waals surface area contributed by atoms with Gasteiger partial charge in [-0.25, -0.2) is 4.98 Å². The Morgan fingerprint density at radius 3 is 2.50 bits per heavy atom. The summed E-state index contributed by atoms with van der Waals surface area (Å²) >= 11 is 0. The van der Waals surface area contributed by atoms with Gasteiger partial charge in [-0.3, -0.25) is 0 Å². The van der Waals surface area contributed by atoms with E-state index in [0.717, 1.165) is 0 Å². The van der Waals surface area contributed by atoms with Crippen LogP contribution < -0.4 is 0 Å². The van der Waals surface area contributed by atoms with Gasteiger partial charge in [0, 0.05) is 5.41 Å². The molecule has 1 rings (SSSR count). The topological polar surface area (TPSA) is 84.9 Å². The van der Waals surface area contributed by atoms with Crippen molar-refractivity contribution in [3.05, 3.63) is 12.7 Å². The van der Waals surface area contributed by atoms with Gasteiger partial charge in [-0.05, 0) is 0 Å². The molecule has 16 heavy (non-hydrogen) atoms. The van der Waals surface area contributed by atoms with Crippen LogP contribution >= 0.6 is 0 Å². The van der Waals surface area contributed by atoms with Gasteiger partial charge in [0.05, 0.1) is 0 Å². The highest BCUT2D eigenvalue weighted by Crippen LogP contribution is 2.17. The van der Waals surface area contributed by atoms with Crippen molar-refractivity contribution in [1.29, 1.82) is 0 Å². The summed E-state index contributed by atoms with van der Waals surface area (Å²) in [5.74, 6) is 0.301. The Balaban J connectivity index is 3.19. The minimum atomic E-state index is -0.391. The molecule has 0 radical (unpaired) electrons. The Morgan fingerprint density at radius 2 is 2.12 bits per heavy atom. The fraction of sp³-hybridized carbons (Fsp3) is 0.556. The van der Waals surface area contributed by atoms with Gasteiger partial charge in [-0.15, -0.1) is 0 Å². The lowest BCUT2D eigenvalue weighted by molar-refractivity contribution is 0.212. The van der Waals surface area contributed by atoms with Gasteiger partial charge >= 0.3 is 0 Å². The molecule has 0 aliphatic rings. The van der Waals surface area contributed by atoms with Gasteiger partial charge in [-0.1, -0.05) is 31.1 Å². The molecule has 0 spiro atoms. The Bertz CT molecular complexity index is 389. The van der Waals surface area contributed by atoms with Crippen molar-refractivity contribution >= 4 is 11.5 Å². The van der Waals surface area contributed by atoms with E-state index in [4.69, 9.17) is 10.0 Å². The Hall–Kier alpha value is -1.92. The fourth-order valence-electron chi connectivity index (χ4n) is 1.13. The zero-order valence-corrected chi connectivity index (χ0v) is 9.75. The van der Waals surface area contributed by atoms with Crippen LogP contribution in [0.4, 0.5) is 0 Å². The zero-order valence-electron chi connectivity index (χ0n) is 9.75. The number of oxime groups is 2. The second kappa shape index (κ2) is 4.73. The van der Waals surface area contributed by atoms with Crippen molar-refractivity contribution in [3.63, 3.8) is 0 Å². The van der Waals surface area contributed by atoms with E-state index in [-0.39, 0.29) is 0 Å². The molecule has 1 heterocycles. The third-order valence-electron chi connectivity index (χ3n) is 1.84. The molecule has 0 amide bonds. The van der Waals surface area contributed by atoms with Crippen molar-refractivity contribution in [3.8, 4) is 0 Å². The summed E-state index contributed by atoms with van der Waals surface area (Å²) in [6.45, 7) is 5.68. The van der Waals surface area contributed by atoms with Crippen LogP contribution in [0.3, 0.4) is 0 Å². The maximum absolute atomic E-state index is 9.05. The highest BCUT2D eigenvalue weighted by Gasteiger charge is 2.27. The van der Waals surface area contributed by atoms with E-state index in [2.05, 4.69) is 20.4 Å². The van der Waals surface area contributed by atoms with E-state index in [1.54, 1.807) is 0 Å². The first-order chi connectivity index (χ1) is 7.50. The van der Waals surface area contributed by atoms with Gasteiger partial charge in [0.2, 0.25) is 5.84 Å². The van der Waals surface area contributed by atoms with Gasteiger partial charge in [0.25, 0.3) is 0 Å². The molecule has 88 valence electrons. The molecule has 0 fully saturated rings. The minimum absolute atomic E-state index is 0.301. The van der Waals surface area contributed by atoms with Gasteiger partial charge in [0.15, 0.2) is 0 Å². The number of nitrogens with zero attached hydrogens (tertiary/aromatic N) is 5. The molecular formula is C9H15N5O2. The Morgan fingerprint density at radius 1 is 1.44 bits per heavy atom. The van der Waals surface area contributed by atoms with E-state index < -0.39 is 5.41 Å². The van der Waals surface area contributed by atoms with Crippen LogP contribution in [0.25, 0.3) is 0 Å². The second-order valence-electron chi connectivity index (χ2n) is 4.14. The SMILES string of the molecule is CON=C(C(=NO)C(C)(C)C)n1cncn1. The predicted octanol–water partition coefficient (Wildman–Crippen LogP) is 0.962. The maximum Gasteiger partial charge on any atom is 0.219 e. The number of hydrogen-bond acceptors (Lipinski definition) is 6. The highest BCUT2D eigenvalue weighted by atomic mass is 16.6. The van der Waals surface area contributed by atoms with Gasteiger partial charge < -0.3 is 10.0 Å². The second-order valence-corrected chi connectivity index (χ2v) is 4.14. The Kier molecular flexibility index (Phi) is 3.60. The molecule has 0 saturated carbocycles. The van der Waals surface area contributed by atoms with Crippen LogP contribution in [-0.2, 0) is 4.84 Å². The molecule has 0 saturated heterocycles. The third kappa shape index (κ3) is 2.56. The fourth-order valence-corrected chi connectivity index (χ4v) is 1.13. The molecule has 0 aliphatic heterocycles. The van der Waals surface area contributed by atoms with E-state index >= 15 is 0 Å². The number of rotatable bonds is 2. The normalized spacial score (nSPS) is 14.0. The molecule has 0 aromatic carbocycles. The summed E-state index contributed by atoms with van der Waals surface area (Å²) in [5.41, 5.74) is -0.0298. The van der Waals surface area contributed by atoms with E-state index in [1.165, 1.54) is 24.4 Å². The summed E-state index contributed by atoms with van der Waals surface area (Å²) in [6, 6.07) is 0. The molecule has 0 atom stereocenters. The van der Waals surface area contributed by atoms with E-state index in [9.17, 15) is 0 Å². The first-order valence-electron chi connectivity index (χ1n) is 4.69. The number of hydrogen-bond donors (Lipinski definition) is 1.